The Morgan fingerprint density at radius 1 is 0.364 bits per heavy atom. The van der Waals surface area contributed by atoms with E-state index in [1.54, 1.807) is 201 Å². The molecule has 0 fully saturated rings. The molecule has 0 saturated carbocycles. The third-order valence-corrected chi connectivity index (χ3v) is 25.9. The first kappa shape index (κ1) is 92.0. The highest BCUT2D eigenvalue weighted by molar-refractivity contribution is 7.93. The van der Waals surface area contributed by atoms with Gasteiger partial charge in [-0.2, -0.15) is 0 Å². The minimum Gasteiger partial charge on any atom is -0.496 e. The van der Waals surface area contributed by atoms with Crippen LogP contribution in [0.1, 0.15) is 58.9 Å². The molecule has 628 valence electrons. The molecule has 12 aromatic rings. The molecule has 0 aliphatic heterocycles. The van der Waals surface area contributed by atoms with Gasteiger partial charge in [0.05, 0.1) is 81.8 Å². The summed E-state index contributed by atoms with van der Waals surface area (Å²) in [6.07, 6.45) is 1.59. The molecule has 0 radical (unpaired) electrons. The summed E-state index contributed by atoms with van der Waals surface area (Å²) in [7, 11) is -11.6. The van der Waals surface area contributed by atoms with Gasteiger partial charge < -0.3 is 24.8 Å². The summed E-state index contributed by atoms with van der Waals surface area (Å²) in [5.41, 5.74) is 6.44. The number of hydrogen-bond acceptors (Lipinski definition) is 16. The molecule has 0 aliphatic carbocycles. The Bertz CT molecular complexity index is 6040. The van der Waals surface area contributed by atoms with Crippen molar-refractivity contribution in [3.63, 3.8) is 0 Å². The van der Waals surface area contributed by atoms with Crippen LogP contribution in [0.2, 0.25) is 5.02 Å². The number of halogens is 3. The Kier molecular flexibility index (Phi) is 32.9. The number of anilines is 6. The van der Waals surface area contributed by atoms with Gasteiger partial charge in [-0.1, -0.05) is 177 Å². The van der Waals surface area contributed by atoms with Crippen LogP contribution in [0.3, 0.4) is 0 Å². The molecule has 121 heavy (non-hydrogen) atoms. The topological polar surface area (TPSA) is 287 Å². The van der Waals surface area contributed by atoms with Crippen molar-refractivity contribution in [3.8, 4) is 17.2 Å². The number of benzene rings is 12. The number of nitrogens with zero attached hydrogens (tertiary/aromatic N) is 4. The minimum absolute atomic E-state index is 0.0218. The molecule has 2 N–H and O–H groups in total. The number of carbonyl (C=O) groups is 5. The highest BCUT2D eigenvalue weighted by Gasteiger charge is 2.34. The Balaban J connectivity index is 0.000000184. The molecule has 0 atom stereocenters. The van der Waals surface area contributed by atoms with Gasteiger partial charge in [0.15, 0.2) is 17.3 Å². The average molecular weight is 1740 g/mol. The maximum absolute atomic E-state index is 14.0. The number of carbonyl (C=O) groups excluding carboxylic acids is 5. The maximum atomic E-state index is 14.0. The van der Waals surface area contributed by atoms with Crippen LogP contribution in [-0.2, 0) is 85.0 Å². The maximum Gasteiger partial charge on any atom is 0.264 e. The van der Waals surface area contributed by atoms with Crippen molar-refractivity contribution in [2.24, 2.45) is 0 Å². The van der Waals surface area contributed by atoms with E-state index in [-0.39, 0.29) is 83.9 Å². The molecule has 0 saturated heterocycles. The van der Waals surface area contributed by atoms with Crippen LogP contribution in [0, 0.1) is 18.6 Å². The molecule has 0 heterocycles. The van der Waals surface area contributed by atoms with Crippen LogP contribution < -0.4 is 42.1 Å². The molecule has 22 nitrogen and oxygen atoms in total. The number of hydrogen-bond donors (Lipinski definition) is 2. The van der Waals surface area contributed by atoms with E-state index in [9.17, 15) is 66.4 Å². The zero-order valence-electron chi connectivity index (χ0n) is 67.1. The minimum atomic E-state index is -4.08. The van der Waals surface area contributed by atoms with Crippen molar-refractivity contribution in [2.75, 3.05) is 75.4 Å². The van der Waals surface area contributed by atoms with E-state index in [4.69, 9.17) is 25.8 Å². The standard InChI is InChI=1S/C24H24FNO4S.C24H24N2O5S.C23H23NO3S.C21H18ClFN2O4S/c1-3-18-13-14-24(30-2)23(15-18)26(31(28,29)21-10-5-4-6-11-21)17-20(27)16-19-9-7-8-12-22(19)25;1-17-15-21(13-14-23(17)31-3)26(32(29,30)22-7-5-4-6-8-22)16-24(28)25-20-11-9-19(10-12-20)18(2)27;1-2-19-13-15-20(16-14-19)17-22(25)18-24(21-9-5-3-6-10-21)28(26,27)23-11-7-4-8-12-23;1-29-20-10-6-5-9-19(20)25(30(27,28)16-7-3-2-4-8-16)14-21(26)24-15-11-12-18(23)17(22)13-15/h4-15H,3,16-17H2,1-2H3;4-15H,16H2,1-3H3,(H,25,28);3-16H,2,17-18H2,1H3;2-13H,14H2,1H3,(H,24,26). The highest BCUT2D eigenvalue weighted by Crippen LogP contribution is 2.37. The lowest BCUT2D eigenvalue weighted by Crippen LogP contribution is -2.38. The molecule has 0 unspecified atom stereocenters. The first-order valence-corrected chi connectivity index (χ1v) is 43.9. The van der Waals surface area contributed by atoms with Gasteiger partial charge in [0, 0.05) is 29.8 Å². The van der Waals surface area contributed by atoms with Gasteiger partial charge >= 0.3 is 0 Å². The summed E-state index contributed by atoms with van der Waals surface area (Å²) in [5.74, 6) is -1.74. The first-order chi connectivity index (χ1) is 57.9. The zero-order chi connectivity index (χ0) is 87.4. The third kappa shape index (κ3) is 24.9. The third-order valence-electron chi connectivity index (χ3n) is 18.5. The second-order valence-electron chi connectivity index (χ2n) is 26.9. The van der Waals surface area contributed by atoms with E-state index in [0.717, 1.165) is 42.1 Å². The van der Waals surface area contributed by atoms with Gasteiger partial charge in [0.25, 0.3) is 40.1 Å². The number of methoxy groups -OCH3 is 3. The summed E-state index contributed by atoms with van der Waals surface area (Å²) < 4.78 is 154. The van der Waals surface area contributed by atoms with Gasteiger partial charge in [-0.3, -0.25) is 41.2 Å². The van der Waals surface area contributed by atoms with Gasteiger partial charge in [-0.15, -0.1) is 0 Å². The summed E-state index contributed by atoms with van der Waals surface area (Å²) in [6, 6.07) is 81.0. The van der Waals surface area contributed by atoms with E-state index < -0.39 is 89.0 Å². The van der Waals surface area contributed by atoms with Gasteiger partial charge in [-0.25, -0.2) is 42.5 Å². The summed E-state index contributed by atoms with van der Waals surface area (Å²) in [4.78, 5) is 62.8. The summed E-state index contributed by atoms with van der Waals surface area (Å²) in [6.45, 7) is 5.65. The van der Waals surface area contributed by atoms with Crippen molar-refractivity contribution in [1.82, 2.24) is 0 Å². The number of nitrogens with one attached hydrogen (secondary N) is 2. The number of ether oxygens (including phenoxy) is 3. The normalized spacial score (nSPS) is 11.1. The van der Waals surface area contributed by atoms with Crippen molar-refractivity contribution in [2.45, 2.75) is 73.0 Å². The molecule has 0 aliphatic rings. The van der Waals surface area contributed by atoms with Crippen molar-refractivity contribution < 1.29 is 80.6 Å². The van der Waals surface area contributed by atoms with Crippen LogP contribution in [-0.4, -0.2) is 110 Å². The van der Waals surface area contributed by atoms with Crippen LogP contribution in [0.5, 0.6) is 17.2 Å². The van der Waals surface area contributed by atoms with Gasteiger partial charge in [0.1, 0.15) is 42.0 Å². The van der Waals surface area contributed by atoms with E-state index in [0.29, 0.717) is 40.5 Å². The number of para-hydroxylation sites is 3. The number of Topliss-reactive ketones (excluding diaryl/α,β-unsaturated/α-hetero) is 3. The number of rotatable bonds is 32. The quantitative estimate of drug-likeness (QED) is 0.0370. The second kappa shape index (κ2) is 43.2. The van der Waals surface area contributed by atoms with E-state index in [1.807, 2.05) is 43.3 Å². The van der Waals surface area contributed by atoms with Crippen LogP contribution in [0.4, 0.5) is 42.9 Å². The SMILES string of the molecule is CCc1ccc(CC(=O)CN(c2ccccc2)S(=O)(=O)c2ccccc2)cc1.CCc1ccc(OC)c(N(CC(=O)Cc2ccccc2F)S(=O)(=O)c2ccccc2)c1.COc1ccc(N(CC(=O)Nc2ccc(C(C)=O)cc2)S(=O)(=O)c2ccccc2)cc1C.COc1ccccc1N(CC(=O)Nc1ccc(F)c(Cl)c1)S(=O)(=O)c1ccccc1. The molecular formula is C92H89ClF2N6O16S4. The highest BCUT2D eigenvalue weighted by atomic mass is 35.5. The largest absolute Gasteiger partial charge is 0.496 e. The fraction of sp³-hybridized carbons (Fsp3) is 0.163. The lowest BCUT2D eigenvalue weighted by Gasteiger charge is -2.26. The lowest BCUT2D eigenvalue weighted by atomic mass is 10.1. The Labute approximate surface area is 709 Å². The molecule has 0 spiro atoms. The summed E-state index contributed by atoms with van der Waals surface area (Å²) >= 11 is 5.74. The average Bonchev–Trinajstić information content (AvgIpc) is 0.786. The number of aryl methyl sites for hydroxylation is 3. The number of amides is 2. The Morgan fingerprint density at radius 3 is 1.25 bits per heavy atom. The van der Waals surface area contributed by atoms with Crippen molar-refractivity contribution >= 4 is 115 Å². The van der Waals surface area contributed by atoms with Crippen molar-refractivity contribution in [3.05, 3.63) is 353 Å². The summed E-state index contributed by atoms with van der Waals surface area (Å²) in [5, 5.41) is 5.06. The van der Waals surface area contributed by atoms with E-state index >= 15 is 0 Å². The van der Waals surface area contributed by atoms with Crippen LogP contribution >= 0.6 is 11.6 Å². The number of sulfonamides is 4. The Morgan fingerprint density at radius 2 is 0.760 bits per heavy atom. The molecule has 12 aromatic carbocycles. The molecule has 29 heteroatoms. The smallest absolute Gasteiger partial charge is 0.264 e. The second-order valence-corrected chi connectivity index (χ2v) is 34.7. The number of ketones is 3. The molecular weight excluding hydrogens is 1650 g/mol. The van der Waals surface area contributed by atoms with Crippen LogP contribution in [0.15, 0.2) is 323 Å². The predicted octanol–water partition coefficient (Wildman–Crippen LogP) is 17.0. The fourth-order valence-corrected chi connectivity index (χ4v) is 18.1. The fourth-order valence-electron chi connectivity index (χ4n) is 12.1. The zero-order valence-corrected chi connectivity index (χ0v) is 71.1. The van der Waals surface area contributed by atoms with Crippen molar-refractivity contribution in [1.29, 1.82) is 0 Å². The van der Waals surface area contributed by atoms with E-state index in [2.05, 4.69) is 17.6 Å². The van der Waals surface area contributed by atoms with Gasteiger partial charge in [-0.05, 0) is 206 Å². The molecule has 0 aromatic heterocycles. The Hall–Kier alpha value is -12.9. The lowest BCUT2D eigenvalue weighted by molar-refractivity contribution is -0.117. The van der Waals surface area contributed by atoms with E-state index in [1.165, 1.54) is 105 Å². The predicted molar refractivity (Wildman–Crippen MR) is 468 cm³/mol. The molecule has 0 bridgehead atoms. The monoisotopic (exact) mass is 1730 g/mol. The first-order valence-electron chi connectivity index (χ1n) is 37.7. The van der Waals surface area contributed by atoms with Gasteiger partial charge in [0.2, 0.25) is 11.8 Å². The molecule has 2 amide bonds. The molecule has 12 rings (SSSR count). The van der Waals surface area contributed by atoms with Crippen LogP contribution in [0.25, 0.3) is 0 Å².